The first-order valence-corrected chi connectivity index (χ1v) is 7.56. The Morgan fingerprint density at radius 1 is 1.14 bits per heavy atom. The second kappa shape index (κ2) is 8.41. The van der Waals surface area contributed by atoms with Gasteiger partial charge in [-0.3, -0.25) is 9.59 Å². The van der Waals surface area contributed by atoms with Crippen molar-refractivity contribution in [3.05, 3.63) is 23.8 Å². The molecule has 1 aromatic carbocycles. The van der Waals surface area contributed by atoms with Crippen LogP contribution in [-0.2, 0) is 4.79 Å². The fourth-order valence-electron chi connectivity index (χ4n) is 2.37. The van der Waals surface area contributed by atoms with Gasteiger partial charge in [0.1, 0.15) is 6.29 Å². The summed E-state index contributed by atoms with van der Waals surface area (Å²) in [5.74, 6) is 0.862. The fourth-order valence-corrected chi connectivity index (χ4v) is 2.37. The number of carbonyl (C=O) groups excluding carboxylic acids is 2. The SMILES string of the molecule is CCOc1cc(C=O)ccc1OCC(=O)N(C(C)C)C(C)C. The van der Waals surface area contributed by atoms with Gasteiger partial charge in [-0.15, -0.1) is 0 Å². The van der Waals surface area contributed by atoms with E-state index in [0.29, 0.717) is 23.7 Å². The molecule has 0 fully saturated rings. The average molecular weight is 307 g/mol. The Hall–Kier alpha value is -2.04. The summed E-state index contributed by atoms with van der Waals surface area (Å²) in [6.45, 7) is 10.1. The number of rotatable bonds is 8. The van der Waals surface area contributed by atoms with Crippen LogP contribution in [0.3, 0.4) is 0 Å². The van der Waals surface area contributed by atoms with Crippen molar-refractivity contribution < 1.29 is 19.1 Å². The average Bonchev–Trinajstić information content (AvgIpc) is 2.45. The molecule has 1 aromatic rings. The number of benzene rings is 1. The summed E-state index contributed by atoms with van der Waals surface area (Å²) in [7, 11) is 0. The van der Waals surface area contributed by atoms with Crippen LogP contribution in [0.15, 0.2) is 18.2 Å². The molecule has 22 heavy (non-hydrogen) atoms. The van der Waals surface area contributed by atoms with Gasteiger partial charge in [0.05, 0.1) is 6.61 Å². The highest BCUT2D eigenvalue weighted by atomic mass is 16.5. The standard InChI is InChI=1S/C17H25NO4/c1-6-21-16-9-14(10-19)7-8-15(16)22-11-17(20)18(12(2)3)13(4)5/h7-10,12-13H,6,11H2,1-5H3. The minimum absolute atomic E-state index is 0.0587. The van der Waals surface area contributed by atoms with E-state index in [2.05, 4.69) is 0 Å². The van der Waals surface area contributed by atoms with Crippen molar-refractivity contribution in [3.8, 4) is 11.5 Å². The van der Waals surface area contributed by atoms with E-state index in [-0.39, 0.29) is 24.6 Å². The third-order valence-corrected chi connectivity index (χ3v) is 3.16. The Kier molecular flexibility index (Phi) is 6.89. The normalized spacial score (nSPS) is 10.7. The summed E-state index contributed by atoms with van der Waals surface area (Å²) in [6, 6.07) is 5.12. The van der Waals surface area contributed by atoms with Crippen molar-refractivity contribution in [3.63, 3.8) is 0 Å². The molecule has 0 N–H and O–H groups in total. The first kappa shape index (κ1) is 18.0. The minimum atomic E-state index is -0.0769. The van der Waals surface area contributed by atoms with Gasteiger partial charge in [-0.2, -0.15) is 0 Å². The molecule has 0 aliphatic heterocycles. The monoisotopic (exact) mass is 307 g/mol. The van der Waals surface area contributed by atoms with Gasteiger partial charge in [0.2, 0.25) is 0 Å². The lowest BCUT2D eigenvalue weighted by Crippen LogP contribution is -2.44. The van der Waals surface area contributed by atoms with Crippen LogP contribution >= 0.6 is 0 Å². The first-order valence-electron chi connectivity index (χ1n) is 7.56. The Labute approximate surface area is 132 Å². The number of ether oxygens (including phenoxy) is 2. The van der Waals surface area contributed by atoms with E-state index < -0.39 is 0 Å². The highest BCUT2D eigenvalue weighted by molar-refractivity contribution is 5.79. The van der Waals surface area contributed by atoms with E-state index in [4.69, 9.17) is 9.47 Å². The molecule has 0 aromatic heterocycles. The number of hydrogen-bond donors (Lipinski definition) is 0. The first-order chi connectivity index (χ1) is 10.4. The molecular weight excluding hydrogens is 282 g/mol. The molecule has 122 valence electrons. The van der Waals surface area contributed by atoms with Crippen LogP contribution in [0.4, 0.5) is 0 Å². The lowest BCUT2D eigenvalue weighted by molar-refractivity contribution is -0.137. The van der Waals surface area contributed by atoms with Crippen LogP contribution < -0.4 is 9.47 Å². The van der Waals surface area contributed by atoms with Crippen molar-refractivity contribution in [1.82, 2.24) is 4.90 Å². The number of aldehydes is 1. The van der Waals surface area contributed by atoms with Crippen LogP contribution in [0.5, 0.6) is 11.5 Å². The van der Waals surface area contributed by atoms with Gasteiger partial charge >= 0.3 is 0 Å². The van der Waals surface area contributed by atoms with Crippen LogP contribution in [0.1, 0.15) is 45.0 Å². The predicted octanol–water partition coefficient (Wildman–Crippen LogP) is 2.92. The summed E-state index contributed by atoms with van der Waals surface area (Å²) in [5, 5.41) is 0. The number of amides is 1. The van der Waals surface area contributed by atoms with E-state index in [1.165, 1.54) is 0 Å². The number of hydrogen-bond acceptors (Lipinski definition) is 4. The van der Waals surface area contributed by atoms with Gasteiger partial charge < -0.3 is 14.4 Å². The Bertz CT molecular complexity index is 503. The van der Waals surface area contributed by atoms with E-state index in [0.717, 1.165) is 6.29 Å². The van der Waals surface area contributed by atoms with E-state index in [9.17, 15) is 9.59 Å². The van der Waals surface area contributed by atoms with E-state index in [1.807, 2.05) is 34.6 Å². The second-order valence-corrected chi connectivity index (χ2v) is 5.53. The van der Waals surface area contributed by atoms with Gasteiger partial charge in [-0.25, -0.2) is 0 Å². The predicted molar refractivity (Wildman–Crippen MR) is 85.6 cm³/mol. The molecule has 0 saturated heterocycles. The molecule has 0 atom stereocenters. The zero-order chi connectivity index (χ0) is 16.7. The second-order valence-electron chi connectivity index (χ2n) is 5.53. The summed E-state index contributed by atoms with van der Waals surface area (Å²) in [5.41, 5.74) is 0.508. The molecule has 5 nitrogen and oxygen atoms in total. The van der Waals surface area contributed by atoms with Crippen LogP contribution in [0.2, 0.25) is 0 Å². The van der Waals surface area contributed by atoms with E-state index in [1.54, 1.807) is 23.1 Å². The quantitative estimate of drug-likeness (QED) is 0.693. The smallest absolute Gasteiger partial charge is 0.260 e. The Balaban J connectivity index is 2.82. The van der Waals surface area contributed by atoms with Gasteiger partial charge in [-0.05, 0) is 52.8 Å². The third-order valence-electron chi connectivity index (χ3n) is 3.16. The van der Waals surface area contributed by atoms with Gasteiger partial charge in [0, 0.05) is 17.6 Å². The molecule has 0 aliphatic rings. The molecule has 0 radical (unpaired) electrons. The summed E-state index contributed by atoms with van der Waals surface area (Å²) < 4.78 is 11.1. The number of carbonyl (C=O) groups is 2. The fraction of sp³-hybridized carbons (Fsp3) is 0.529. The summed E-state index contributed by atoms with van der Waals surface area (Å²) in [6.07, 6.45) is 0.747. The maximum atomic E-state index is 12.3. The maximum absolute atomic E-state index is 12.3. The zero-order valence-corrected chi connectivity index (χ0v) is 14.0. The topological polar surface area (TPSA) is 55.8 Å². The lowest BCUT2D eigenvalue weighted by atomic mass is 10.2. The molecule has 0 unspecified atom stereocenters. The van der Waals surface area contributed by atoms with Gasteiger partial charge in [-0.1, -0.05) is 0 Å². The van der Waals surface area contributed by atoms with Crippen molar-refractivity contribution in [2.75, 3.05) is 13.2 Å². The lowest BCUT2D eigenvalue weighted by Gasteiger charge is -2.30. The molecule has 1 rings (SSSR count). The van der Waals surface area contributed by atoms with Crippen LogP contribution in [-0.4, -0.2) is 42.4 Å². The molecule has 0 spiro atoms. The van der Waals surface area contributed by atoms with Crippen molar-refractivity contribution in [2.45, 2.75) is 46.7 Å². The Morgan fingerprint density at radius 2 is 1.77 bits per heavy atom. The highest BCUT2D eigenvalue weighted by Crippen LogP contribution is 2.28. The zero-order valence-electron chi connectivity index (χ0n) is 14.0. The maximum Gasteiger partial charge on any atom is 0.260 e. The summed E-state index contributed by atoms with van der Waals surface area (Å²) >= 11 is 0. The van der Waals surface area contributed by atoms with Gasteiger partial charge in [0.25, 0.3) is 5.91 Å². The summed E-state index contributed by atoms with van der Waals surface area (Å²) in [4.78, 5) is 24.9. The van der Waals surface area contributed by atoms with Crippen LogP contribution in [0, 0.1) is 0 Å². The molecule has 0 saturated carbocycles. The molecule has 0 aliphatic carbocycles. The molecule has 0 bridgehead atoms. The van der Waals surface area contributed by atoms with E-state index >= 15 is 0 Å². The number of nitrogens with zero attached hydrogens (tertiary/aromatic N) is 1. The highest BCUT2D eigenvalue weighted by Gasteiger charge is 2.21. The van der Waals surface area contributed by atoms with Crippen molar-refractivity contribution in [1.29, 1.82) is 0 Å². The molecule has 0 heterocycles. The molecule has 1 amide bonds. The van der Waals surface area contributed by atoms with Gasteiger partial charge in [0.15, 0.2) is 18.1 Å². The minimum Gasteiger partial charge on any atom is -0.490 e. The van der Waals surface area contributed by atoms with Crippen molar-refractivity contribution in [2.24, 2.45) is 0 Å². The van der Waals surface area contributed by atoms with Crippen LogP contribution in [0.25, 0.3) is 0 Å². The molecular formula is C17H25NO4. The molecule has 5 heteroatoms. The largest absolute Gasteiger partial charge is 0.490 e. The third kappa shape index (κ3) is 4.76. The van der Waals surface area contributed by atoms with Crippen molar-refractivity contribution >= 4 is 12.2 Å². The Morgan fingerprint density at radius 3 is 2.27 bits per heavy atom.